The molecule has 2 aliphatic rings. The number of nitrogens with one attached hydrogen (secondary N) is 1. The molecule has 0 saturated carbocycles. The molecular formula is C21H20ClFN2OS. The van der Waals surface area contributed by atoms with Crippen molar-refractivity contribution in [2.75, 3.05) is 6.54 Å². The third-order valence-corrected chi connectivity index (χ3v) is 6.54. The van der Waals surface area contributed by atoms with Gasteiger partial charge in [-0.1, -0.05) is 42.0 Å². The van der Waals surface area contributed by atoms with E-state index in [2.05, 4.69) is 10.2 Å². The average molecular weight is 403 g/mol. The van der Waals surface area contributed by atoms with Crippen molar-refractivity contribution >= 4 is 34.7 Å². The summed E-state index contributed by atoms with van der Waals surface area (Å²) in [5.74, 6) is -0.334. The van der Waals surface area contributed by atoms with Crippen molar-refractivity contribution in [3.63, 3.8) is 0 Å². The van der Waals surface area contributed by atoms with E-state index in [4.69, 9.17) is 23.8 Å². The maximum absolute atomic E-state index is 14.1. The van der Waals surface area contributed by atoms with Crippen LogP contribution >= 0.6 is 23.8 Å². The fourth-order valence-electron chi connectivity index (χ4n) is 4.15. The molecule has 0 spiro atoms. The first kappa shape index (κ1) is 18.4. The van der Waals surface area contributed by atoms with E-state index in [0.717, 1.165) is 36.9 Å². The fourth-order valence-corrected chi connectivity index (χ4v) is 4.71. The van der Waals surface area contributed by atoms with Crippen molar-refractivity contribution in [2.45, 2.75) is 37.8 Å². The van der Waals surface area contributed by atoms with Crippen LogP contribution in [0.1, 0.15) is 47.3 Å². The Hall–Kier alpha value is -1.98. The van der Waals surface area contributed by atoms with Crippen molar-refractivity contribution in [2.24, 2.45) is 0 Å². The van der Waals surface area contributed by atoms with Gasteiger partial charge in [0.05, 0.1) is 11.6 Å². The number of nitrogens with zero attached hydrogens (tertiary/aromatic N) is 1. The van der Waals surface area contributed by atoms with Crippen molar-refractivity contribution in [3.05, 3.63) is 70.0 Å². The minimum absolute atomic E-state index is 0.0769. The summed E-state index contributed by atoms with van der Waals surface area (Å²) >= 11 is 11.8. The summed E-state index contributed by atoms with van der Waals surface area (Å²) in [6.07, 6.45) is 2.28. The number of likely N-dealkylation sites (tertiary alicyclic amines) is 1. The Morgan fingerprint density at radius 2 is 2.11 bits per heavy atom. The van der Waals surface area contributed by atoms with Gasteiger partial charge >= 0.3 is 0 Å². The van der Waals surface area contributed by atoms with Gasteiger partial charge in [0.25, 0.3) is 5.91 Å². The highest BCUT2D eigenvalue weighted by Gasteiger charge is 2.44. The van der Waals surface area contributed by atoms with E-state index in [1.807, 2.05) is 13.0 Å². The Kier molecular flexibility index (Phi) is 4.68. The first-order valence-corrected chi connectivity index (χ1v) is 9.84. The third-order valence-electron chi connectivity index (χ3n) is 5.62. The fraction of sp³-hybridized carbons (Fsp3) is 0.333. The lowest BCUT2D eigenvalue weighted by atomic mass is 10.0. The SMILES string of the molecule is C[C@]1(NC(=O)c2cccc(Cl)c2)CCN([C@@H]2CCc3c(F)cccc32)C1=S. The number of halogens is 2. The van der Waals surface area contributed by atoms with Crippen molar-refractivity contribution in [3.8, 4) is 0 Å². The second kappa shape index (κ2) is 6.88. The molecule has 1 fully saturated rings. The molecule has 0 bridgehead atoms. The van der Waals surface area contributed by atoms with Crippen LogP contribution in [0.5, 0.6) is 0 Å². The lowest BCUT2D eigenvalue weighted by molar-refractivity contribution is 0.0928. The summed E-state index contributed by atoms with van der Waals surface area (Å²) in [4.78, 5) is 15.5. The lowest BCUT2D eigenvalue weighted by Crippen LogP contribution is -2.51. The smallest absolute Gasteiger partial charge is 0.252 e. The number of hydrogen-bond donors (Lipinski definition) is 1. The van der Waals surface area contributed by atoms with Crippen LogP contribution in [0.15, 0.2) is 42.5 Å². The molecule has 0 aromatic heterocycles. The molecule has 27 heavy (non-hydrogen) atoms. The Balaban J connectivity index is 1.54. The quantitative estimate of drug-likeness (QED) is 0.756. The summed E-state index contributed by atoms with van der Waals surface area (Å²) in [5.41, 5.74) is 1.72. The second-order valence-corrected chi connectivity index (χ2v) is 8.23. The molecule has 2 atom stereocenters. The van der Waals surface area contributed by atoms with E-state index in [1.54, 1.807) is 30.3 Å². The summed E-state index contributed by atoms with van der Waals surface area (Å²) in [7, 11) is 0. The third kappa shape index (κ3) is 3.23. The number of rotatable bonds is 3. The minimum atomic E-state index is -0.606. The number of carbonyl (C=O) groups is 1. The van der Waals surface area contributed by atoms with Crippen molar-refractivity contribution in [1.82, 2.24) is 10.2 Å². The molecule has 4 rings (SSSR count). The van der Waals surface area contributed by atoms with Crippen LogP contribution in [0.2, 0.25) is 5.02 Å². The van der Waals surface area contributed by atoms with Crippen LogP contribution < -0.4 is 5.32 Å². The zero-order valence-corrected chi connectivity index (χ0v) is 16.5. The lowest BCUT2D eigenvalue weighted by Gasteiger charge is -2.31. The second-order valence-electron chi connectivity index (χ2n) is 7.41. The number of thiocarbonyl (C=S) groups is 1. The number of fused-ring (bicyclic) bond motifs is 1. The maximum Gasteiger partial charge on any atom is 0.252 e. The van der Waals surface area contributed by atoms with Crippen molar-refractivity contribution < 1.29 is 9.18 Å². The minimum Gasteiger partial charge on any atom is -0.357 e. The Bertz CT molecular complexity index is 934. The standard InChI is InChI=1S/C21H20ClFN2OS/c1-21(24-19(26)13-4-2-5-14(22)12-13)10-11-25(20(21)27)18-9-8-15-16(18)6-3-7-17(15)23/h2-7,12,18H,8-11H2,1H3,(H,24,26)/t18-,21+/m1/s1. The van der Waals surface area contributed by atoms with E-state index < -0.39 is 5.54 Å². The van der Waals surface area contributed by atoms with E-state index in [0.29, 0.717) is 15.6 Å². The van der Waals surface area contributed by atoms with Gasteiger partial charge in [0, 0.05) is 17.1 Å². The molecule has 6 heteroatoms. The molecule has 2 aromatic rings. The first-order chi connectivity index (χ1) is 12.9. The normalized spacial score (nSPS) is 24.2. The highest BCUT2D eigenvalue weighted by atomic mass is 35.5. The molecule has 1 aliphatic heterocycles. The van der Waals surface area contributed by atoms with Crippen LogP contribution in [0.25, 0.3) is 0 Å². The Morgan fingerprint density at radius 1 is 1.33 bits per heavy atom. The summed E-state index contributed by atoms with van der Waals surface area (Å²) < 4.78 is 14.1. The molecule has 1 amide bonds. The van der Waals surface area contributed by atoms with Gasteiger partial charge in [-0.3, -0.25) is 4.79 Å². The molecule has 2 aromatic carbocycles. The monoisotopic (exact) mass is 402 g/mol. The van der Waals surface area contributed by atoms with E-state index in [-0.39, 0.29) is 17.8 Å². The van der Waals surface area contributed by atoms with Crippen LogP contribution in [0.4, 0.5) is 4.39 Å². The number of carbonyl (C=O) groups excluding carboxylic acids is 1. The van der Waals surface area contributed by atoms with E-state index in [9.17, 15) is 9.18 Å². The van der Waals surface area contributed by atoms with Gasteiger partial charge in [0.1, 0.15) is 10.8 Å². The van der Waals surface area contributed by atoms with Gasteiger partial charge in [-0.05, 0) is 61.6 Å². The van der Waals surface area contributed by atoms with Gasteiger partial charge in [-0.25, -0.2) is 4.39 Å². The highest BCUT2D eigenvalue weighted by molar-refractivity contribution is 7.80. The largest absolute Gasteiger partial charge is 0.357 e. The van der Waals surface area contributed by atoms with Crippen LogP contribution in [0, 0.1) is 5.82 Å². The molecule has 1 saturated heterocycles. The topological polar surface area (TPSA) is 32.3 Å². The first-order valence-electron chi connectivity index (χ1n) is 9.05. The Morgan fingerprint density at radius 3 is 2.89 bits per heavy atom. The zero-order valence-electron chi connectivity index (χ0n) is 15.0. The van der Waals surface area contributed by atoms with Gasteiger partial charge in [-0.15, -0.1) is 0 Å². The molecule has 1 N–H and O–H groups in total. The molecule has 140 valence electrons. The van der Waals surface area contributed by atoms with Crippen LogP contribution in [0.3, 0.4) is 0 Å². The van der Waals surface area contributed by atoms with Crippen molar-refractivity contribution in [1.29, 1.82) is 0 Å². The molecule has 1 aliphatic carbocycles. The van der Waals surface area contributed by atoms with Gasteiger partial charge in [0.15, 0.2) is 0 Å². The number of amides is 1. The number of hydrogen-bond acceptors (Lipinski definition) is 2. The van der Waals surface area contributed by atoms with Gasteiger partial charge < -0.3 is 10.2 Å². The highest BCUT2D eigenvalue weighted by Crippen LogP contribution is 2.41. The summed E-state index contributed by atoms with van der Waals surface area (Å²) in [5, 5.41) is 3.60. The van der Waals surface area contributed by atoms with E-state index >= 15 is 0 Å². The maximum atomic E-state index is 14.1. The number of benzene rings is 2. The predicted octanol–water partition coefficient (Wildman–Crippen LogP) is 4.69. The van der Waals surface area contributed by atoms with E-state index in [1.165, 1.54) is 6.07 Å². The van der Waals surface area contributed by atoms with Gasteiger partial charge in [-0.2, -0.15) is 0 Å². The molecule has 1 heterocycles. The zero-order chi connectivity index (χ0) is 19.2. The van der Waals surface area contributed by atoms with Crippen LogP contribution in [-0.4, -0.2) is 27.9 Å². The predicted molar refractivity (Wildman–Crippen MR) is 109 cm³/mol. The summed E-state index contributed by atoms with van der Waals surface area (Å²) in [6.45, 7) is 2.70. The molecular weight excluding hydrogens is 383 g/mol. The average Bonchev–Trinajstić information content (AvgIpc) is 3.18. The molecule has 3 nitrogen and oxygen atoms in total. The molecule has 0 unspecified atom stereocenters. The van der Waals surface area contributed by atoms with Gasteiger partial charge in [0.2, 0.25) is 0 Å². The Labute approximate surface area is 168 Å². The summed E-state index contributed by atoms with van der Waals surface area (Å²) in [6, 6.07) is 12.2. The molecule has 0 radical (unpaired) electrons. The van der Waals surface area contributed by atoms with Crippen LogP contribution in [-0.2, 0) is 6.42 Å².